The van der Waals surface area contributed by atoms with Crippen LogP contribution in [0.5, 0.6) is 0 Å². The highest BCUT2D eigenvalue weighted by atomic mass is 79.9. The summed E-state index contributed by atoms with van der Waals surface area (Å²) in [7, 11) is 0. The summed E-state index contributed by atoms with van der Waals surface area (Å²) >= 11 is 7.83. The van der Waals surface area contributed by atoms with Gasteiger partial charge < -0.3 is 5.32 Å². The van der Waals surface area contributed by atoms with E-state index in [1.807, 2.05) is 28.8 Å². The molecule has 0 aliphatic heterocycles. The smallest absolute Gasteiger partial charge is 0.234 e. The Balaban J connectivity index is 1.72. The van der Waals surface area contributed by atoms with E-state index in [2.05, 4.69) is 54.0 Å². The molecule has 0 unspecified atom stereocenters. The van der Waals surface area contributed by atoms with Crippen LogP contribution >= 0.6 is 43.6 Å². The van der Waals surface area contributed by atoms with Gasteiger partial charge in [-0.25, -0.2) is 4.39 Å². The molecule has 0 atom stereocenters. The third kappa shape index (κ3) is 5.09. The topological polar surface area (TPSA) is 59.8 Å². The first kappa shape index (κ1) is 20.8. The number of carbonyl (C=O) groups is 1. The number of thioether (sulfide) groups is 1. The summed E-state index contributed by atoms with van der Waals surface area (Å²) in [5.41, 5.74) is 1.04. The molecule has 1 N–H and O–H groups in total. The second kappa shape index (κ2) is 9.49. The van der Waals surface area contributed by atoms with Crippen LogP contribution in [-0.4, -0.2) is 26.4 Å². The van der Waals surface area contributed by atoms with Crippen molar-refractivity contribution >= 4 is 55.2 Å². The molecule has 144 valence electrons. The van der Waals surface area contributed by atoms with Gasteiger partial charge in [-0.3, -0.25) is 9.36 Å². The number of allylic oxidation sites excluding steroid dienone is 1. The van der Waals surface area contributed by atoms with E-state index >= 15 is 0 Å². The van der Waals surface area contributed by atoms with Gasteiger partial charge in [0.15, 0.2) is 11.0 Å². The summed E-state index contributed by atoms with van der Waals surface area (Å²) in [6, 6.07) is 12.2. The van der Waals surface area contributed by atoms with Crippen molar-refractivity contribution in [1.82, 2.24) is 14.8 Å². The van der Waals surface area contributed by atoms with E-state index in [-0.39, 0.29) is 17.3 Å². The van der Waals surface area contributed by atoms with Crippen LogP contribution < -0.4 is 5.32 Å². The zero-order chi connectivity index (χ0) is 20.1. The SMILES string of the molecule is C=CCn1c(SCC(=O)Nc2ccc(Br)cc2F)nnc1-c1ccc(Br)cc1. The largest absolute Gasteiger partial charge is 0.323 e. The molecule has 0 saturated carbocycles. The summed E-state index contributed by atoms with van der Waals surface area (Å²) in [6.45, 7) is 4.28. The van der Waals surface area contributed by atoms with Gasteiger partial charge in [-0.15, -0.1) is 16.8 Å². The van der Waals surface area contributed by atoms with Gasteiger partial charge >= 0.3 is 0 Å². The number of anilines is 1. The highest BCUT2D eigenvalue weighted by Gasteiger charge is 2.15. The van der Waals surface area contributed by atoms with Crippen LogP contribution in [0.2, 0.25) is 0 Å². The molecule has 1 heterocycles. The predicted octanol–water partition coefficient (Wildman–Crippen LogP) is 5.53. The lowest BCUT2D eigenvalue weighted by Crippen LogP contribution is -2.15. The van der Waals surface area contributed by atoms with Crippen molar-refractivity contribution in [2.24, 2.45) is 0 Å². The normalized spacial score (nSPS) is 10.7. The summed E-state index contributed by atoms with van der Waals surface area (Å²) in [4.78, 5) is 12.2. The Morgan fingerprint density at radius 2 is 1.89 bits per heavy atom. The first-order valence-electron chi connectivity index (χ1n) is 8.15. The molecule has 0 fully saturated rings. The number of nitrogens with one attached hydrogen (secondary N) is 1. The molecular weight excluding hydrogens is 511 g/mol. The number of benzene rings is 2. The molecule has 3 rings (SSSR count). The van der Waals surface area contributed by atoms with E-state index in [4.69, 9.17) is 0 Å². The van der Waals surface area contributed by atoms with Crippen LogP contribution in [0.1, 0.15) is 0 Å². The van der Waals surface area contributed by atoms with Crippen LogP contribution in [0.25, 0.3) is 11.4 Å². The van der Waals surface area contributed by atoms with Crippen LogP contribution in [0.3, 0.4) is 0 Å². The minimum Gasteiger partial charge on any atom is -0.323 e. The molecule has 28 heavy (non-hydrogen) atoms. The molecule has 1 amide bonds. The molecule has 9 heteroatoms. The summed E-state index contributed by atoms with van der Waals surface area (Å²) in [5.74, 6) is -0.0654. The summed E-state index contributed by atoms with van der Waals surface area (Å²) in [5, 5.41) is 11.6. The van der Waals surface area contributed by atoms with Gasteiger partial charge in [0, 0.05) is 21.1 Å². The molecule has 1 aromatic heterocycles. The van der Waals surface area contributed by atoms with Gasteiger partial charge in [0.2, 0.25) is 5.91 Å². The van der Waals surface area contributed by atoms with Gasteiger partial charge in [-0.2, -0.15) is 0 Å². The monoisotopic (exact) mass is 524 g/mol. The quantitative estimate of drug-likeness (QED) is 0.325. The molecule has 0 radical (unpaired) electrons. The van der Waals surface area contributed by atoms with Crippen molar-refractivity contribution in [3.63, 3.8) is 0 Å². The van der Waals surface area contributed by atoms with E-state index in [0.717, 1.165) is 10.0 Å². The maximum atomic E-state index is 13.9. The molecule has 3 aromatic rings. The average Bonchev–Trinajstić information content (AvgIpc) is 3.06. The number of hydrogen-bond acceptors (Lipinski definition) is 4. The van der Waals surface area contributed by atoms with Gasteiger partial charge in [0.05, 0.1) is 11.4 Å². The lowest BCUT2D eigenvalue weighted by molar-refractivity contribution is -0.113. The van der Waals surface area contributed by atoms with Crippen molar-refractivity contribution in [2.45, 2.75) is 11.7 Å². The minimum atomic E-state index is -0.500. The maximum absolute atomic E-state index is 13.9. The summed E-state index contributed by atoms with van der Waals surface area (Å²) in [6.07, 6.45) is 1.74. The Hall–Kier alpha value is -1.97. The van der Waals surface area contributed by atoms with E-state index in [1.54, 1.807) is 12.1 Å². The molecule has 0 saturated heterocycles. The number of aromatic nitrogens is 3. The second-order valence-electron chi connectivity index (χ2n) is 5.67. The number of rotatable bonds is 7. The third-order valence-corrected chi connectivity index (χ3v) is 5.66. The average molecular weight is 526 g/mol. The van der Waals surface area contributed by atoms with Crippen LogP contribution in [0.4, 0.5) is 10.1 Å². The number of halogens is 3. The van der Waals surface area contributed by atoms with Crippen molar-refractivity contribution < 1.29 is 9.18 Å². The van der Waals surface area contributed by atoms with Crippen LogP contribution in [0.15, 0.2) is 69.2 Å². The number of carbonyl (C=O) groups excluding carboxylic acids is 1. The fourth-order valence-electron chi connectivity index (χ4n) is 2.41. The molecule has 0 aliphatic rings. The Labute approximate surface area is 182 Å². The molecule has 0 bridgehead atoms. The van der Waals surface area contributed by atoms with Gasteiger partial charge in [-0.1, -0.05) is 61.8 Å². The fraction of sp³-hybridized carbons (Fsp3) is 0.105. The Morgan fingerprint density at radius 3 is 2.57 bits per heavy atom. The van der Waals surface area contributed by atoms with E-state index in [9.17, 15) is 9.18 Å². The Kier molecular flexibility index (Phi) is 7.03. The number of nitrogens with zero attached hydrogens (tertiary/aromatic N) is 3. The second-order valence-corrected chi connectivity index (χ2v) is 8.45. The lowest BCUT2D eigenvalue weighted by atomic mass is 10.2. The molecular formula is C19H15Br2FN4OS. The summed E-state index contributed by atoms with van der Waals surface area (Å²) < 4.78 is 17.3. The number of hydrogen-bond donors (Lipinski definition) is 1. The standard InChI is InChI=1S/C19H15Br2FN4OS/c1-2-9-26-18(12-3-5-13(20)6-4-12)24-25-19(26)28-11-17(27)23-16-8-7-14(21)10-15(16)22/h2-8,10H,1,9,11H2,(H,23,27). The Morgan fingerprint density at radius 1 is 1.18 bits per heavy atom. The van der Waals surface area contributed by atoms with Crippen molar-refractivity contribution in [3.8, 4) is 11.4 Å². The molecule has 5 nitrogen and oxygen atoms in total. The van der Waals surface area contributed by atoms with Crippen LogP contribution in [-0.2, 0) is 11.3 Å². The van der Waals surface area contributed by atoms with E-state index in [0.29, 0.717) is 22.0 Å². The first-order valence-corrected chi connectivity index (χ1v) is 10.7. The first-order chi connectivity index (χ1) is 13.5. The van der Waals surface area contributed by atoms with Gasteiger partial charge in [0.1, 0.15) is 5.82 Å². The molecule has 0 aliphatic carbocycles. The zero-order valence-corrected chi connectivity index (χ0v) is 18.5. The van der Waals surface area contributed by atoms with E-state index in [1.165, 1.54) is 23.9 Å². The maximum Gasteiger partial charge on any atom is 0.234 e. The van der Waals surface area contributed by atoms with Crippen LogP contribution in [0, 0.1) is 5.82 Å². The number of amides is 1. The third-order valence-electron chi connectivity index (χ3n) is 3.67. The predicted molar refractivity (Wildman–Crippen MR) is 117 cm³/mol. The van der Waals surface area contributed by atoms with Crippen molar-refractivity contribution in [1.29, 1.82) is 0 Å². The lowest BCUT2D eigenvalue weighted by Gasteiger charge is -2.09. The van der Waals surface area contributed by atoms with Crippen molar-refractivity contribution in [2.75, 3.05) is 11.1 Å². The van der Waals surface area contributed by atoms with Gasteiger partial charge in [0.25, 0.3) is 0 Å². The fourth-order valence-corrected chi connectivity index (χ4v) is 3.75. The van der Waals surface area contributed by atoms with E-state index < -0.39 is 5.82 Å². The Bertz CT molecular complexity index is 1010. The van der Waals surface area contributed by atoms with Crippen molar-refractivity contribution in [3.05, 3.63) is 69.9 Å². The van der Waals surface area contributed by atoms with Gasteiger partial charge in [-0.05, 0) is 30.3 Å². The zero-order valence-electron chi connectivity index (χ0n) is 14.5. The molecule has 0 spiro atoms. The highest BCUT2D eigenvalue weighted by molar-refractivity contribution is 9.10. The molecule has 2 aromatic carbocycles. The minimum absolute atomic E-state index is 0.0745. The highest BCUT2D eigenvalue weighted by Crippen LogP contribution is 2.26.